The van der Waals surface area contributed by atoms with Crippen molar-refractivity contribution in [2.45, 2.75) is 17.2 Å². The van der Waals surface area contributed by atoms with E-state index in [2.05, 4.69) is 10.1 Å². The van der Waals surface area contributed by atoms with Gasteiger partial charge in [0.05, 0.1) is 16.3 Å². The van der Waals surface area contributed by atoms with Crippen LogP contribution in [-0.4, -0.2) is 34.8 Å². The molecule has 1 atom stereocenters. The molecule has 31 heavy (non-hydrogen) atoms. The predicted octanol–water partition coefficient (Wildman–Crippen LogP) is 1.68. The summed E-state index contributed by atoms with van der Waals surface area (Å²) in [7, 11) is -3.90. The summed E-state index contributed by atoms with van der Waals surface area (Å²) in [6, 6.07) is 14.2. The molecule has 0 amide bonds. The zero-order valence-electron chi connectivity index (χ0n) is 16.2. The van der Waals surface area contributed by atoms with Crippen molar-refractivity contribution in [3.05, 3.63) is 71.9 Å². The zero-order valence-corrected chi connectivity index (χ0v) is 17.0. The third-order valence-corrected chi connectivity index (χ3v) is 5.96. The Morgan fingerprint density at radius 3 is 2.65 bits per heavy atom. The van der Waals surface area contributed by atoms with E-state index in [1.807, 2.05) is 30.3 Å². The van der Waals surface area contributed by atoms with Gasteiger partial charge in [-0.2, -0.15) is 9.50 Å². The number of hydrogen-bond acceptors (Lipinski definition) is 8. The number of hydrogen-bond donors (Lipinski definition) is 2. The maximum atomic E-state index is 11.9. The summed E-state index contributed by atoms with van der Waals surface area (Å²) in [5.41, 5.74) is 7.80. The molecule has 0 aliphatic carbocycles. The number of nitrogens with zero attached hydrogens (tertiary/aromatic N) is 4. The summed E-state index contributed by atoms with van der Waals surface area (Å²) in [5.74, 6) is 0.755. The lowest BCUT2D eigenvalue weighted by Gasteiger charge is -2.18. The van der Waals surface area contributed by atoms with Crippen LogP contribution in [0.15, 0.2) is 65.4 Å². The Hall–Kier alpha value is -3.70. The maximum absolute atomic E-state index is 11.9. The molecule has 158 valence electrons. The van der Waals surface area contributed by atoms with Crippen LogP contribution in [-0.2, 0) is 25.9 Å². The minimum atomic E-state index is -3.90. The van der Waals surface area contributed by atoms with E-state index in [4.69, 9.17) is 25.3 Å². The van der Waals surface area contributed by atoms with Crippen LogP contribution in [0, 0.1) is 0 Å². The number of allylic oxidation sites excluding steroid dienone is 1. The summed E-state index contributed by atoms with van der Waals surface area (Å²) in [6.45, 7) is 0.104. The minimum absolute atomic E-state index is 0.0467. The van der Waals surface area contributed by atoms with Gasteiger partial charge in [-0.25, -0.2) is 18.5 Å². The first-order valence-electron chi connectivity index (χ1n) is 9.37. The molecule has 11 heteroatoms. The van der Waals surface area contributed by atoms with Gasteiger partial charge in [0.25, 0.3) is 0 Å². The molecule has 0 spiro atoms. The van der Waals surface area contributed by atoms with E-state index in [0.717, 1.165) is 5.56 Å². The summed E-state index contributed by atoms with van der Waals surface area (Å²) >= 11 is 0. The molecule has 0 saturated carbocycles. The van der Waals surface area contributed by atoms with Gasteiger partial charge in [0, 0.05) is 5.39 Å². The number of fused-ring (bicyclic) bond motifs is 3. The quantitative estimate of drug-likeness (QED) is 0.478. The van der Waals surface area contributed by atoms with Crippen molar-refractivity contribution >= 4 is 32.5 Å². The Balaban J connectivity index is 1.76. The molecule has 10 nitrogen and oxygen atoms in total. The summed E-state index contributed by atoms with van der Waals surface area (Å²) in [6.07, 6.45) is 2.09. The van der Waals surface area contributed by atoms with Crippen molar-refractivity contribution in [3.8, 4) is 0 Å². The zero-order chi connectivity index (χ0) is 21.6. The number of anilines is 1. The highest BCUT2D eigenvalue weighted by Gasteiger charge is 2.28. The molecule has 3 heterocycles. The Kier molecular flexibility index (Phi) is 4.49. The fourth-order valence-electron chi connectivity index (χ4n) is 3.63. The molecule has 2 aromatic carbocycles. The van der Waals surface area contributed by atoms with E-state index >= 15 is 0 Å². The van der Waals surface area contributed by atoms with Gasteiger partial charge in [-0.15, -0.1) is 5.10 Å². The molecule has 1 aliphatic rings. The Labute approximate surface area is 177 Å². The van der Waals surface area contributed by atoms with Crippen molar-refractivity contribution in [2.24, 2.45) is 5.14 Å². The van der Waals surface area contributed by atoms with Gasteiger partial charge < -0.3 is 15.2 Å². The van der Waals surface area contributed by atoms with Gasteiger partial charge in [0.1, 0.15) is 17.8 Å². The van der Waals surface area contributed by atoms with Crippen molar-refractivity contribution in [1.82, 2.24) is 19.6 Å². The highest BCUT2D eigenvalue weighted by Crippen LogP contribution is 2.33. The standard InChI is InChI=1S/C20H18N6O4S/c21-20-24-18-14-7-6-13(31(22,27)28)9-16(14)23-19(26(18)25-20)15(17-10-29-11-30-17)8-12-4-2-1-3-5-12/h1-7,9-10,15H,8,11H2,(H2,21,25)(H2,22,27,28). The highest BCUT2D eigenvalue weighted by atomic mass is 32.2. The minimum Gasteiger partial charge on any atom is -0.462 e. The van der Waals surface area contributed by atoms with Gasteiger partial charge in [0.15, 0.2) is 5.65 Å². The van der Waals surface area contributed by atoms with Crippen LogP contribution in [0.2, 0.25) is 0 Å². The lowest BCUT2D eigenvalue weighted by atomic mass is 9.96. The van der Waals surface area contributed by atoms with Crippen LogP contribution in [0.4, 0.5) is 5.95 Å². The largest absolute Gasteiger partial charge is 0.462 e. The van der Waals surface area contributed by atoms with Gasteiger partial charge >= 0.3 is 0 Å². The number of ether oxygens (including phenoxy) is 2. The number of primary sulfonamides is 1. The van der Waals surface area contributed by atoms with Crippen molar-refractivity contribution in [1.29, 1.82) is 0 Å². The first-order chi connectivity index (χ1) is 14.9. The van der Waals surface area contributed by atoms with E-state index in [-0.39, 0.29) is 23.6 Å². The van der Waals surface area contributed by atoms with Crippen LogP contribution in [0.1, 0.15) is 17.3 Å². The third kappa shape index (κ3) is 3.53. The number of rotatable bonds is 5. The van der Waals surface area contributed by atoms with Gasteiger partial charge in [-0.1, -0.05) is 30.3 Å². The Morgan fingerprint density at radius 2 is 1.94 bits per heavy atom. The number of nitrogens with two attached hydrogens (primary N) is 2. The molecule has 0 bridgehead atoms. The van der Waals surface area contributed by atoms with Crippen LogP contribution in [0.3, 0.4) is 0 Å². The molecule has 1 aliphatic heterocycles. The number of sulfonamides is 1. The second-order valence-corrected chi connectivity index (χ2v) is 8.65. The molecule has 4 N–H and O–H groups in total. The third-order valence-electron chi connectivity index (χ3n) is 5.05. The molecular formula is C20H18N6O4S. The molecule has 0 saturated heterocycles. The average Bonchev–Trinajstić information content (AvgIpc) is 3.41. The maximum Gasteiger partial charge on any atom is 0.240 e. The second-order valence-electron chi connectivity index (χ2n) is 7.09. The normalized spacial score (nSPS) is 14.9. The number of nitrogen functional groups attached to an aromatic ring is 1. The molecule has 0 radical (unpaired) electrons. The molecule has 5 rings (SSSR count). The molecule has 0 fully saturated rings. The fourth-order valence-corrected chi connectivity index (χ4v) is 4.17. The van der Waals surface area contributed by atoms with E-state index in [1.54, 1.807) is 16.8 Å². The topological polar surface area (TPSA) is 148 Å². The number of aromatic nitrogens is 4. The molecule has 1 unspecified atom stereocenters. The highest BCUT2D eigenvalue weighted by molar-refractivity contribution is 7.89. The first-order valence-corrected chi connectivity index (χ1v) is 10.9. The van der Waals surface area contributed by atoms with Crippen LogP contribution >= 0.6 is 0 Å². The summed E-state index contributed by atoms with van der Waals surface area (Å²) < 4.78 is 36.3. The average molecular weight is 438 g/mol. The fraction of sp³-hybridized carbons (Fsp3) is 0.150. The lowest BCUT2D eigenvalue weighted by Crippen LogP contribution is -2.16. The smallest absolute Gasteiger partial charge is 0.240 e. The van der Waals surface area contributed by atoms with Crippen LogP contribution < -0.4 is 10.9 Å². The van der Waals surface area contributed by atoms with Crippen LogP contribution in [0.5, 0.6) is 0 Å². The van der Waals surface area contributed by atoms with Crippen molar-refractivity contribution < 1.29 is 17.9 Å². The Bertz CT molecular complexity index is 1430. The second kappa shape index (κ2) is 7.22. The molecule has 2 aromatic heterocycles. The summed E-state index contributed by atoms with van der Waals surface area (Å²) in [5, 5.41) is 10.2. The number of benzene rings is 2. The monoisotopic (exact) mass is 438 g/mol. The van der Waals surface area contributed by atoms with Gasteiger partial charge in [0.2, 0.25) is 22.8 Å². The van der Waals surface area contributed by atoms with Crippen molar-refractivity contribution in [3.63, 3.8) is 0 Å². The van der Waals surface area contributed by atoms with E-state index in [0.29, 0.717) is 34.6 Å². The van der Waals surface area contributed by atoms with Gasteiger partial charge in [-0.05, 0) is 30.2 Å². The lowest BCUT2D eigenvalue weighted by molar-refractivity contribution is 0.0747. The summed E-state index contributed by atoms with van der Waals surface area (Å²) in [4.78, 5) is 9.02. The van der Waals surface area contributed by atoms with E-state index in [9.17, 15) is 8.42 Å². The Morgan fingerprint density at radius 1 is 1.13 bits per heavy atom. The van der Waals surface area contributed by atoms with Crippen LogP contribution in [0.25, 0.3) is 16.6 Å². The van der Waals surface area contributed by atoms with E-state index in [1.165, 1.54) is 12.1 Å². The first kappa shape index (κ1) is 19.3. The van der Waals surface area contributed by atoms with Gasteiger partial charge in [-0.3, -0.25) is 0 Å². The molecule has 4 aromatic rings. The van der Waals surface area contributed by atoms with E-state index < -0.39 is 10.0 Å². The predicted molar refractivity (Wildman–Crippen MR) is 112 cm³/mol. The SMILES string of the molecule is Nc1nc2c3ccc(S(N)(=O)=O)cc3nc(C(Cc3ccccc3)C3=COCO3)n2n1. The van der Waals surface area contributed by atoms with Crippen molar-refractivity contribution in [2.75, 3.05) is 12.5 Å². The molecular weight excluding hydrogens is 420 g/mol.